The minimum Gasteiger partial charge on any atom is -0.444 e. The minimum atomic E-state index is -0.737. The monoisotopic (exact) mass is 284 g/mol. The average molecular weight is 284 g/mol. The average Bonchev–Trinajstić information content (AvgIpc) is 3.13. The van der Waals surface area contributed by atoms with Crippen LogP contribution in [0.1, 0.15) is 40.0 Å². The zero-order chi connectivity index (χ0) is 14.9. The van der Waals surface area contributed by atoms with Gasteiger partial charge in [0.25, 0.3) is 0 Å². The third-order valence-electron chi connectivity index (χ3n) is 3.51. The summed E-state index contributed by atoms with van der Waals surface area (Å²) in [5, 5.41) is 12.9. The van der Waals surface area contributed by atoms with Crippen molar-refractivity contribution < 1.29 is 19.4 Å². The molecule has 0 aromatic carbocycles. The highest BCUT2D eigenvalue weighted by Gasteiger charge is 2.36. The molecule has 6 nitrogen and oxygen atoms in total. The van der Waals surface area contributed by atoms with Gasteiger partial charge in [-0.1, -0.05) is 0 Å². The van der Waals surface area contributed by atoms with Gasteiger partial charge in [-0.05, 0) is 40.0 Å². The maximum atomic E-state index is 11.9. The number of carbonyl (C=O) groups excluding carboxylic acids is 2. The zero-order valence-electron chi connectivity index (χ0n) is 12.4. The molecule has 2 rings (SSSR count). The third kappa shape index (κ3) is 4.10. The fourth-order valence-corrected chi connectivity index (χ4v) is 2.24. The second kappa shape index (κ2) is 5.60. The second-order valence-corrected chi connectivity index (χ2v) is 6.67. The lowest BCUT2D eigenvalue weighted by molar-refractivity contribution is -0.124. The zero-order valence-corrected chi connectivity index (χ0v) is 12.4. The van der Waals surface area contributed by atoms with Crippen molar-refractivity contribution in [3.8, 4) is 0 Å². The molecule has 1 aliphatic carbocycles. The van der Waals surface area contributed by atoms with Gasteiger partial charge in [-0.15, -0.1) is 0 Å². The van der Waals surface area contributed by atoms with E-state index in [9.17, 15) is 14.7 Å². The molecule has 1 aliphatic heterocycles. The van der Waals surface area contributed by atoms with Crippen LogP contribution in [0.25, 0.3) is 0 Å². The summed E-state index contributed by atoms with van der Waals surface area (Å²) >= 11 is 0. The number of hydrogen-bond acceptors (Lipinski definition) is 4. The summed E-state index contributed by atoms with van der Waals surface area (Å²) in [5.41, 5.74) is -0.543. The van der Waals surface area contributed by atoms with Gasteiger partial charge < -0.3 is 20.1 Å². The Kier molecular flexibility index (Phi) is 4.22. The molecule has 1 saturated heterocycles. The molecule has 1 saturated carbocycles. The van der Waals surface area contributed by atoms with E-state index in [0.29, 0.717) is 13.0 Å². The summed E-state index contributed by atoms with van der Waals surface area (Å²) in [6, 6.07) is -0.262. The Balaban J connectivity index is 1.82. The predicted octanol–water partition coefficient (Wildman–Crippen LogP) is 0.883. The summed E-state index contributed by atoms with van der Waals surface area (Å²) in [7, 11) is 0. The van der Waals surface area contributed by atoms with E-state index >= 15 is 0 Å². The van der Waals surface area contributed by atoms with E-state index in [1.165, 1.54) is 4.90 Å². The Morgan fingerprint density at radius 3 is 2.40 bits per heavy atom. The standard InChI is InChI=1S/C14H24N2O4/c1-14(2,3)20-13(19)16-7-6-10(11(17)8-16)15-12(18)9-4-5-9/h9-11,17H,4-8H2,1-3H3,(H,15,18). The van der Waals surface area contributed by atoms with Gasteiger partial charge in [-0.3, -0.25) is 4.79 Å². The number of nitrogens with one attached hydrogen (secondary N) is 1. The topological polar surface area (TPSA) is 78.9 Å². The van der Waals surface area contributed by atoms with E-state index in [0.717, 1.165) is 12.8 Å². The maximum absolute atomic E-state index is 11.9. The molecule has 20 heavy (non-hydrogen) atoms. The van der Waals surface area contributed by atoms with Gasteiger partial charge in [0.1, 0.15) is 5.60 Å². The number of nitrogens with zero attached hydrogens (tertiary/aromatic N) is 1. The van der Waals surface area contributed by atoms with Crippen molar-refractivity contribution in [2.75, 3.05) is 13.1 Å². The number of hydrogen-bond donors (Lipinski definition) is 2. The number of carbonyl (C=O) groups is 2. The first-order valence-electron chi connectivity index (χ1n) is 7.22. The Morgan fingerprint density at radius 2 is 1.90 bits per heavy atom. The van der Waals surface area contributed by atoms with Gasteiger partial charge in [0.2, 0.25) is 5.91 Å². The van der Waals surface area contributed by atoms with Gasteiger partial charge in [0, 0.05) is 12.5 Å². The first kappa shape index (κ1) is 15.1. The summed E-state index contributed by atoms with van der Waals surface area (Å²) in [5.74, 6) is 0.158. The molecule has 0 aromatic heterocycles. The van der Waals surface area contributed by atoms with Gasteiger partial charge >= 0.3 is 6.09 Å². The van der Waals surface area contributed by atoms with E-state index in [4.69, 9.17) is 4.74 Å². The summed E-state index contributed by atoms with van der Waals surface area (Å²) in [6.45, 7) is 6.12. The fourth-order valence-electron chi connectivity index (χ4n) is 2.24. The van der Waals surface area contributed by atoms with E-state index < -0.39 is 17.8 Å². The lowest BCUT2D eigenvalue weighted by Gasteiger charge is -2.36. The first-order valence-corrected chi connectivity index (χ1v) is 7.22. The molecule has 0 aromatic rings. The van der Waals surface area contributed by atoms with Crippen molar-refractivity contribution in [3.63, 3.8) is 0 Å². The van der Waals surface area contributed by atoms with E-state index in [1.54, 1.807) is 0 Å². The summed E-state index contributed by atoms with van der Waals surface area (Å²) < 4.78 is 5.28. The van der Waals surface area contributed by atoms with Crippen LogP contribution in [0.5, 0.6) is 0 Å². The van der Waals surface area contributed by atoms with Gasteiger partial charge in [0.15, 0.2) is 0 Å². The van der Waals surface area contributed by atoms with Crippen LogP contribution in [0, 0.1) is 5.92 Å². The maximum Gasteiger partial charge on any atom is 0.410 e. The number of aliphatic hydroxyl groups excluding tert-OH is 1. The van der Waals surface area contributed by atoms with Crippen LogP contribution in [0.15, 0.2) is 0 Å². The van der Waals surface area contributed by atoms with Crippen LogP contribution in [-0.2, 0) is 9.53 Å². The van der Waals surface area contributed by atoms with Crippen molar-refractivity contribution in [2.24, 2.45) is 5.92 Å². The number of rotatable bonds is 2. The predicted molar refractivity (Wildman–Crippen MR) is 73.1 cm³/mol. The highest BCUT2D eigenvalue weighted by Crippen LogP contribution is 2.29. The molecule has 1 heterocycles. The van der Waals surface area contributed by atoms with Crippen LogP contribution in [0.2, 0.25) is 0 Å². The molecule has 114 valence electrons. The van der Waals surface area contributed by atoms with Crippen molar-refractivity contribution >= 4 is 12.0 Å². The van der Waals surface area contributed by atoms with E-state index in [2.05, 4.69) is 5.32 Å². The molecule has 0 radical (unpaired) electrons. The molecule has 2 fully saturated rings. The molecule has 6 heteroatoms. The molecular weight excluding hydrogens is 260 g/mol. The van der Waals surface area contributed by atoms with Crippen molar-refractivity contribution in [3.05, 3.63) is 0 Å². The normalized spacial score (nSPS) is 27.1. The molecule has 2 amide bonds. The molecule has 2 unspecified atom stereocenters. The van der Waals surface area contributed by atoms with Crippen LogP contribution < -0.4 is 5.32 Å². The number of ether oxygens (including phenoxy) is 1. The Labute approximate surface area is 119 Å². The van der Waals surface area contributed by atoms with Crippen molar-refractivity contribution in [1.29, 1.82) is 0 Å². The fraction of sp³-hybridized carbons (Fsp3) is 0.857. The number of amides is 2. The number of aliphatic hydroxyl groups is 1. The third-order valence-corrected chi connectivity index (χ3v) is 3.51. The molecule has 0 spiro atoms. The number of piperidine rings is 1. The van der Waals surface area contributed by atoms with Gasteiger partial charge in [-0.2, -0.15) is 0 Å². The Morgan fingerprint density at radius 1 is 1.25 bits per heavy atom. The largest absolute Gasteiger partial charge is 0.444 e. The second-order valence-electron chi connectivity index (χ2n) is 6.67. The highest BCUT2D eigenvalue weighted by atomic mass is 16.6. The molecule has 0 bridgehead atoms. The van der Waals surface area contributed by atoms with Crippen molar-refractivity contribution in [2.45, 2.75) is 57.8 Å². The van der Waals surface area contributed by atoms with E-state index in [-0.39, 0.29) is 24.4 Å². The van der Waals surface area contributed by atoms with Crippen LogP contribution in [-0.4, -0.2) is 52.8 Å². The number of likely N-dealkylation sites (tertiary alicyclic amines) is 1. The van der Waals surface area contributed by atoms with Crippen LogP contribution in [0.4, 0.5) is 4.79 Å². The lowest BCUT2D eigenvalue weighted by Crippen LogP contribution is -2.56. The molecule has 2 N–H and O–H groups in total. The first-order chi connectivity index (χ1) is 9.26. The molecule has 2 atom stereocenters. The van der Waals surface area contributed by atoms with Gasteiger partial charge in [0.05, 0.1) is 18.7 Å². The van der Waals surface area contributed by atoms with Crippen LogP contribution >= 0.6 is 0 Å². The summed E-state index contributed by atoms with van der Waals surface area (Å²) in [4.78, 5) is 25.1. The van der Waals surface area contributed by atoms with Gasteiger partial charge in [-0.25, -0.2) is 4.79 Å². The molecular formula is C14H24N2O4. The number of β-amino-alcohol motifs (C(OH)–C–C–N with tert-alkyl or cyclic N) is 1. The smallest absolute Gasteiger partial charge is 0.410 e. The minimum absolute atomic E-state index is 0.0276. The lowest BCUT2D eigenvalue weighted by atomic mass is 10.0. The summed E-state index contributed by atoms with van der Waals surface area (Å²) in [6.07, 6.45) is 1.29. The SMILES string of the molecule is CC(C)(C)OC(=O)N1CCC(NC(=O)C2CC2)C(O)C1. The Hall–Kier alpha value is -1.30. The Bertz CT molecular complexity index is 387. The molecule has 2 aliphatic rings. The van der Waals surface area contributed by atoms with E-state index in [1.807, 2.05) is 20.8 Å². The van der Waals surface area contributed by atoms with Crippen molar-refractivity contribution in [1.82, 2.24) is 10.2 Å². The quantitative estimate of drug-likeness (QED) is 0.789. The highest BCUT2D eigenvalue weighted by molar-refractivity contribution is 5.81. The van der Waals surface area contributed by atoms with Crippen LogP contribution in [0.3, 0.4) is 0 Å².